The van der Waals surface area contributed by atoms with Crippen molar-refractivity contribution < 1.29 is 37.3 Å². The first-order valence-corrected chi connectivity index (χ1v) is 16.5. The Balaban J connectivity index is 1.12. The number of nitrogens with zero attached hydrogens (tertiary/aromatic N) is 3. The van der Waals surface area contributed by atoms with Gasteiger partial charge in [-0.05, 0) is 46.7 Å². The number of aliphatic hydroxyl groups is 1. The number of rotatable bonds is 10. The summed E-state index contributed by atoms with van der Waals surface area (Å²) in [4.78, 5) is 29.3. The van der Waals surface area contributed by atoms with Crippen molar-refractivity contribution in [2.75, 3.05) is 12.3 Å². The molecule has 0 spiro atoms. The summed E-state index contributed by atoms with van der Waals surface area (Å²) in [7, 11) is 0. The SMILES string of the molecule is O=C(NCc1cccc(-c2ccc([C@H]3O[C@@H](CSc4ncn[nH]4)C[C@@H](c4ccc(CO)cc4)O3)cc2)c1)[C@@H]1CCCN1C(=O)C(F)(F)F. The number of carbonyl (C=O) groups excluding carboxylic acids is 2. The average Bonchev–Trinajstić information content (AvgIpc) is 3.82. The van der Waals surface area contributed by atoms with Crippen LogP contribution in [0.5, 0.6) is 0 Å². The highest BCUT2D eigenvalue weighted by Gasteiger charge is 2.47. The van der Waals surface area contributed by atoms with Crippen LogP contribution in [0.3, 0.4) is 0 Å². The summed E-state index contributed by atoms with van der Waals surface area (Å²) in [5.41, 5.74) is 5.20. The third-order valence-corrected chi connectivity index (χ3v) is 9.39. The number of ether oxygens (including phenoxy) is 2. The molecule has 4 atom stereocenters. The maximum atomic E-state index is 13.0. The Hall–Kier alpha value is -4.24. The molecule has 2 saturated heterocycles. The number of likely N-dealkylation sites (tertiary alicyclic amines) is 1. The zero-order chi connectivity index (χ0) is 33.7. The summed E-state index contributed by atoms with van der Waals surface area (Å²) in [6.07, 6.45) is -3.40. The van der Waals surface area contributed by atoms with Crippen LogP contribution < -0.4 is 5.32 Å². The Morgan fingerprint density at radius 1 is 1.00 bits per heavy atom. The number of alkyl halides is 3. The van der Waals surface area contributed by atoms with E-state index >= 15 is 0 Å². The van der Waals surface area contributed by atoms with Crippen LogP contribution in [0.15, 0.2) is 84.3 Å². The molecule has 0 unspecified atom stereocenters. The lowest BCUT2D eigenvalue weighted by molar-refractivity contribution is -0.245. The first kappa shape index (κ1) is 33.7. The van der Waals surface area contributed by atoms with Crippen molar-refractivity contribution in [3.63, 3.8) is 0 Å². The molecule has 1 aromatic heterocycles. The summed E-state index contributed by atoms with van der Waals surface area (Å²) >= 11 is 1.52. The number of aromatic amines is 1. The molecule has 3 heterocycles. The molecule has 14 heteroatoms. The summed E-state index contributed by atoms with van der Waals surface area (Å²) < 4.78 is 51.8. The monoisotopic (exact) mass is 681 g/mol. The van der Waals surface area contributed by atoms with E-state index in [1.165, 1.54) is 18.1 Å². The zero-order valence-electron chi connectivity index (χ0n) is 25.7. The second-order valence-electron chi connectivity index (χ2n) is 11.6. The molecule has 4 aromatic rings. The Morgan fingerprint density at radius 2 is 1.77 bits per heavy atom. The molecular weight excluding hydrogens is 647 g/mol. The number of H-pyrrole nitrogens is 1. The lowest BCUT2D eigenvalue weighted by Gasteiger charge is -2.36. The Morgan fingerprint density at radius 3 is 2.48 bits per heavy atom. The lowest BCUT2D eigenvalue weighted by Crippen LogP contribution is -2.50. The number of benzene rings is 3. The molecule has 6 rings (SSSR count). The zero-order valence-corrected chi connectivity index (χ0v) is 26.5. The molecule has 0 radical (unpaired) electrons. The third-order valence-electron chi connectivity index (χ3n) is 8.38. The van der Waals surface area contributed by atoms with Gasteiger partial charge in [-0.25, -0.2) is 4.98 Å². The molecule has 48 heavy (non-hydrogen) atoms. The maximum Gasteiger partial charge on any atom is 0.471 e. The van der Waals surface area contributed by atoms with E-state index in [-0.39, 0.29) is 38.3 Å². The number of carbonyl (C=O) groups is 2. The minimum Gasteiger partial charge on any atom is -0.392 e. The van der Waals surface area contributed by atoms with Gasteiger partial charge in [-0.15, -0.1) is 0 Å². The number of aliphatic hydroxyl groups excluding tert-OH is 1. The molecule has 10 nitrogen and oxygen atoms in total. The van der Waals surface area contributed by atoms with Crippen LogP contribution >= 0.6 is 11.8 Å². The van der Waals surface area contributed by atoms with Gasteiger partial charge in [-0.2, -0.15) is 18.3 Å². The number of hydrogen-bond donors (Lipinski definition) is 3. The summed E-state index contributed by atoms with van der Waals surface area (Å²) in [5.74, 6) is -1.95. The number of thioether (sulfide) groups is 1. The minimum atomic E-state index is -5.02. The average molecular weight is 682 g/mol. The molecule has 252 valence electrons. The van der Waals surface area contributed by atoms with Gasteiger partial charge in [0.15, 0.2) is 11.4 Å². The number of hydrogen-bond acceptors (Lipinski definition) is 8. The van der Waals surface area contributed by atoms with Crippen LogP contribution in [0.2, 0.25) is 0 Å². The van der Waals surface area contributed by atoms with Crippen LogP contribution in [-0.2, 0) is 32.2 Å². The molecule has 2 aliphatic heterocycles. The van der Waals surface area contributed by atoms with Crippen LogP contribution in [0.1, 0.15) is 53.9 Å². The van der Waals surface area contributed by atoms with Crippen molar-refractivity contribution in [1.82, 2.24) is 25.4 Å². The van der Waals surface area contributed by atoms with Crippen LogP contribution in [0, 0.1) is 0 Å². The Labute approximate surface area is 279 Å². The van der Waals surface area contributed by atoms with Gasteiger partial charge in [0.1, 0.15) is 12.4 Å². The van der Waals surface area contributed by atoms with Crippen LogP contribution in [-0.4, -0.2) is 67.6 Å². The molecule has 0 aliphatic carbocycles. The minimum absolute atomic E-state index is 0.0371. The van der Waals surface area contributed by atoms with Gasteiger partial charge in [0.05, 0.1) is 18.8 Å². The molecule has 3 aromatic carbocycles. The molecule has 2 fully saturated rings. The fourth-order valence-electron chi connectivity index (χ4n) is 5.90. The predicted molar refractivity (Wildman–Crippen MR) is 170 cm³/mol. The molecular formula is C34H34F3N5O5S. The predicted octanol–water partition coefficient (Wildman–Crippen LogP) is 5.47. The molecule has 0 saturated carbocycles. The van der Waals surface area contributed by atoms with Crippen molar-refractivity contribution in [2.24, 2.45) is 0 Å². The van der Waals surface area contributed by atoms with E-state index in [0.717, 1.165) is 33.4 Å². The van der Waals surface area contributed by atoms with E-state index in [1.807, 2.05) is 72.8 Å². The van der Waals surface area contributed by atoms with Crippen LogP contribution in [0.25, 0.3) is 11.1 Å². The highest BCUT2D eigenvalue weighted by atomic mass is 32.2. The first-order valence-electron chi connectivity index (χ1n) is 15.5. The number of aromatic nitrogens is 3. The molecule has 3 N–H and O–H groups in total. The maximum absolute atomic E-state index is 13.0. The van der Waals surface area contributed by atoms with Gasteiger partial charge in [0, 0.05) is 30.8 Å². The van der Waals surface area contributed by atoms with Gasteiger partial charge < -0.3 is 24.8 Å². The van der Waals surface area contributed by atoms with E-state index in [2.05, 4.69) is 20.5 Å². The van der Waals surface area contributed by atoms with Gasteiger partial charge in [-0.3, -0.25) is 14.7 Å². The van der Waals surface area contributed by atoms with Gasteiger partial charge in [-0.1, -0.05) is 78.5 Å². The standard InChI is InChI=1S/C34H34F3N5O5S/c35-34(36,37)32(45)42-14-2-5-28(42)30(44)38-17-22-3-1-4-26(15-22)23-10-12-25(13-11-23)31-46-27(19-48-33-39-20-40-41-33)16-29(47-31)24-8-6-21(18-43)7-9-24/h1,3-4,6-13,15,20,27-29,31,43H,2,5,14,16-19H2,(H,38,44)(H,39,40,41)/t27-,28+,29+,31+/m1/s1. The fraction of sp³-hybridized carbons (Fsp3) is 0.353. The first-order chi connectivity index (χ1) is 23.2. The second kappa shape index (κ2) is 14.9. The largest absolute Gasteiger partial charge is 0.471 e. The van der Waals surface area contributed by atoms with Gasteiger partial charge in [0.25, 0.3) is 0 Å². The molecule has 2 aliphatic rings. The highest BCUT2D eigenvalue weighted by molar-refractivity contribution is 7.99. The topological polar surface area (TPSA) is 130 Å². The highest BCUT2D eigenvalue weighted by Crippen LogP contribution is 2.39. The van der Waals surface area contributed by atoms with Crippen LogP contribution in [0.4, 0.5) is 13.2 Å². The van der Waals surface area contributed by atoms with Gasteiger partial charge >= 0.3 is 12.1 Å². The van der Waals surface area contributed by atoms with Crippen molar-refractivity contribution in [3.8, 4) is 11.1 Å². The molecule has 0 bridgehead atoms. The molecule has 2 amide bonds. The third kappa shape index (κ3) is 8.06. The van der Waals surface area contributed by atoms with E-state index in [1.54, 1.807) is 0 Å². The second-order valence-corrected chi connectivity index (χ2v) is 12.7. The summed E-state index contributed by atoms with van der Waals surface area (Å²) in [6.45, 7) is -0.0304. The lowest BCUT2D eigenvalue weighted by atomic mass is 9.99. The number of nitrogens with one attached hydrogen (secondary N) is 2. The Bertz CT molecular complexity index is 1690. The smallest absolute Gasteiger partial charge is 0.392 e. The van der Waals surface area contributed by atoms with Gasteiger partial charge in [0.2, 0.25) is 5.91 Å². The fourth-order valence-corrected chi connectivity index (χ4v) is 6.70. The van der Waals surface area contributed by atoms with Crippen molar-refractivity contribution in [3.05, 3.63) is 101 Å². The Kier molecular flexibility index (Phi) is 10.4. The summed E-state index contributed by atoms with van der Waals surface area (Å²) in [6, 6.07) is 21.8. The van der Waals surface area contributed by atoms with Crippen molar-refractivity contribution in [2.45, 2.75) is 68.3 Å². The normalized spacial score (nSPS) is 21.3. The van der Waals surface area contributed by atoms with Crippen molar-refractivity contribution in [1.29, 1.82) is 0 Å². The number of amides is 2. The van der Waals surface area contributed by atoms with Crippen molar-refractivity contribution >= 4 is 23.6 Å². The van der Waals surface area contributed by atoms with E-state index in [4.69, 9.17) is 9.47 Å². The quantitative estimate of drug-likeness (QED) is 0.188. The van der Waals surface area contributed by atoms with E-state index < -0.39 is 30.3 Å². The van der Waals surface area contributed by atoms with E-state index in [9.17, 15) is 27.9 Å². The summed E-state index contributed by atoms with van der Waals surface area (Å²) in [5, 5.41) is 19.6. The number of halogens is 3. The van der Waals surface area contributed by atoms with E-state index in [0.29, 0.717) is 28.7 Å².